The molecule has 4 rings (SSSR count). The topological polar surface area (TPSA) is 112 Å². The highest BCUT2D eigenvalue weighted by atomic mass is 35.5. The van der Waals surface area contributed by atoms with Crippen molar-refractivity contribution in [3.05, 3.63) is 64.1 Å². The lowest BCUT2D eigenvalue weighted by molar-refractivity contribution is -0.117. The van der Waals surface area contributed by atoms with E-state index in [4.69, 9.17) is 11.6 Å². The fourth-order valence-electron chi connectivity index (χ4n) is 4.08. The number of carbonyl (C=O) groups is 1. The standard InChI is InChI=1S/C23H25ClN4O4S2/c1-15-13-18(34(31,32)27-23-25-9-12-33-23)5-6-19(15)26-22(30)21(8-11-29)28-10-2-3-16-14-17(24)4-7-20(16)28/h4-7,9,12-14,21,29H,2-3,8,10-11H2,1H3,(H,25,27)(H,26,30). The molecule has 3 aromatic rings. The molecule has 180 valence electrons. The van der Waals surface area contributed by atoms with Crippen LogP contribution in [0, 0.1) is 6.92 Å². The number of aromatic nitrogens is 1. The molecule has 34 heavy (non-hydrogen) atoms. The Balaban J connectivity index is 1.54. The van der Waals surface area contributed by atoms with Crippen molar-refractivity contribution in [1.29, 1.82) is 0 Å². The van der Waals surface area contributed by atoms with Crippen molar-refractivity contribution in [3.63, 3.8) is 0 Å². The average molecular weight is 521 g/mol. The molecular weight excluding hydrogens is 496 g/mol. The number of anilines is 3. The third kappa shape index (κ3) is 5.35. The van der Waals surface area contributed by atoms with E-state index >= 15 is 0 Å². The number of aryl methyl sites for hydroxylation is 2. The molecule has 0 spiro atoms. The molecule has 11 heteroatoms. The highest BCUT2D eigenvalue weighted by molar-refractivity contribution is 7.93. The Morgan fingerprint density at radius 3 is 2.82 bits per heavy atom. The molecule has 1 amide bonds. The van der Waals surface area contributed by atoms with Crippen molar-refractivity contribution in [3.8, 4) is 0 Å². The SMILES string of the molecule is Cc1cc(S(=O)(=O)Nc2nccs2)ccc1NC(=O)C(CCO)N1CCCc2cc(Cl)ccc21. The van der Waals surface area contributed by atoms with Crippen LogP contribution in [0.5, 0.6) is 0 Å². The maximum atomic E-state index is 13.3. The Kier molecular flexibility index (Phi) is 7.42. The van der Waals surface area contributed by atoms with Crippen molar-refractivity contribution in [2.24, 2.45) is 0 Å². The van der Waals surface area contributed by atoms with Gasteiger partial charge in [-0.15, -0.1) is 11.3 Å². The van der Waals surface area contributed by atoms with Gasteiger partial charge in [-0.3, -0.25) is 9.52 Å². The maximum absolute atomic E-state index is 13.3. The molecule has 1 unspecified atom stereocenters. The Hall–Kier alpha value is -2.66. The van der Waals surface area contributed by atoms with Gasteiger partial charge >= 0.3 is 0 Å². The number of benzene rings is 2. The number of rotatable bonds is 8. The molecule has 0 fully saturated rings. The number of aliphatic hydroxyl groups is 1. The van der Waals surface area contributed by atoms with E-state index in [2.05, 4.69) is 15.0 Å². The van der Waals surface area contributed by atoms with E-state index in [9.17, 15) is 18.3 Å². The van der Waals surface area contributed by atoms with Crippen molar-refractivity contribution < 1.29 is 18.3 Å². The minimum absolute atomic E-state index is 0.0759. The number of nitrogens with zero attached hydrogens (tertiary/aromatic N) is 2. The van der Waals surface area contributed by atoms with E-state index in [1.165, 1.54) is 29.7 Å². The van der Waals surface area contributed by atoms with Crippen molar-refractivity contribution in [2.45, 2.75) is 37.1 Å². The number of fused-ring (bicyclic) bond motifs is 1. The third-order valence-corrected chi connectivity index (χ3v) is 8.09. The van der Waals surface area contributed by atoms with Gasteiger partial charge in [0.15, 0.2) is 5.13 Å². The van der Waals surface area contributed by atoms with Crippen LogP contribution < -0.4 is 14.9 Å². The number of nitrogens with one attached hydrogen (secondary N) is 2. The Morgan fingerprint density at radius 1 is 1.29 bits per heavy atom. The number of hydrogen-bond acceptors (Lipinski definition) is 7. The largest absolute Gasteiger partial charge is 0.396 e. The van der Waals surface area contributed by atoms with E-state index in [0.717, 1.165) is 24.1 Å². The molecule has 0 bridgehead atoms. The predicted molar refractivity (Wildman–Crippen MR) is 135 cm³/mol. The fourth-order valence-corrected chi connectivity index (χ4v) is 6.14. The Labute approximate surface area is 207 Å². The second-order valence-corrected chi connectivity index (χ2v) is 11.0. The molecule has 1 aromatic heterocycles. The van der Waals surface area contributed by atoms with E-state index in [0.29, 0.717) is 22.8 Å². The van der Waals surface area contributed by atoms with E-state index in [1.807, 2.05) is 17.0 Å². The second kappa shape index (κ2) is 10.3. The summed E-state index contributed by atoms with van der Waals surface area (Å²) in [7, 11) is -3.80. The molecule has 1 atom stereocenters. The first-order chi connectivity index (χ1) is 16.3. The lowest BCUT2D eigenvalue weighted by atomic mass is 9.98. The summed E-state index contributed by atoms with van der Waals surface area (Å²) in [6.07, 6.45) is 3.53. The van der Waals surface area contributed by atoms with Crippen LogP contribution in [-0.4, -0.2) is 43.6 Å². The van der Waals surface area contributed by atoms with Gasteiger partial charge in [0.2, 0.25) is 5.91 Å². The molecule has 8 nitrogen and oxygen atoms in total. The highest BCUT2D eigenvalue weighted by Gasteiger charge is 2.30. The van der Waals surface area contributed by atoms with Crippen LogP contribution in [0.25, 0.3) is 0 Å². The summed E-state index contributed by atoms with van der Waals surface area (Å²) in [6.45, 7) is 2.28. The van der Waals surface area contributed by atoms with Crippen molar-refractivity contribution >= 4 is 55.4 Å². The lowest BCUT2D eigenvalue weighted by Gasteiger charge is -2.37. The highest BCUT2D eigenvalue weighted by Crippen LogP contribution is 2.32. The van der Waals surface area contributed by atoms with Crippen molar-refractivity contribution in [1.82, 2.24) is 4.98 Å². The number of hydrogen-bond donors (Lipinski definition) is 3. The molecule has 0 saturated heterocycles. The van der Waals surface area contributed by atoms with Gasteiger partial charge in [0.1, 0.15) is 6.04 Å². The van der Waals surface area contributed by atoms with Gasteiger partial charge in [0, 0.05) is 41.1 Å². The summed E-state index contributed by atoms with van der Waals surface area (Å²) in [5.74, 6) is -0.267. The molecule has 1 aliphatic rings. The maximum Gasteiger partial charge on any atom is 0.263 e. The first kappa shape index (κ1) is 24.5. The van der Waals surface area contributed by atoms with Gasteiger partial charge in [-0.2, -0.15) is 0 Å². The smallest absolute Gasteiger partial charge is 0.263 e. The van der Waals surface area contributed by atoms with Crippen LogP contribution in [0.4, 0.5) is 16.5 Å². The number of carbonyl (C=O) groups excluding carboxylic acids is 1. The molecule has 3 N–H and O–H groups in total. The zero-order chi connectivity index (χ0) is 24.3. The Morgan fingerprint density at radius 2 is 2.12 bits per heavy atom. The normalized spacial score (nSPS) is 14.4. The van der Waals surface area contributed by atoms with Gasteiger partial charge in [-0.05, 0) is 73.7 Å². The predicted octanol–water partition coefficient (Wildman–Crippen LogP) is 4.05. The minimum atomic E-state index is -3.80. The molecule has 0 radical (unpaired) electrons. The monoisotopic (exact) mass is 520 g/mol. The van der Waals surface area contributed by atoms with E-state index < -0.39 is 16.1 Å². The van der Waals surface area contributed by atoms with E-state index in [-0.39, 0.29) is 29.0 Å². The van der Waals surface area contributed by atoms with Gasteiger partial charge in [0.05, 0.1) is 4.90 Å². The molecule has 2 heterocycles. The van der Waals surface area contributed by atoms with Crippen LogP contribution in [0.15, 0.2) is 52.9 Å². The van der Waals surface area contributed by atoms with Gasteiger partial charge < -0.3 is 15.3 Å². The quantitative estimate of drug-likeness (QED) is 0.413. The second-order valence-electron chi connectivity index (χ2n) is 8.01. The number of sulfonamides is 1. The third-order valence-electron chi connectivity index (χ3n) is 5.70. The summed E-state index contributed by atoms with van der Waals surface area (Å²) < 4.78 is 27.7. The Bertz CT molecular complexity index is 1280. The number of halogens is 1. The van der Waals surface area contributed by atoms with Gasteiger partial charge in [0.25, 0.3) is 10.0 Å². The van der Waals surface area contributed by atoms with Gasteiger partial charge in [-0.25, -0.2) is 13.4 Å². The van der Waals surface area contributed by atoms with Crippen LogP contribution in [0.2, 0.25) is 5.02 Å². The van der Waals surface area contributed by atoms with Crippen LogP contribution >= 0.6 is 22.9 Å². The summed E-state index contributed by atoms with van der Waals surface area (Å²) in [6, 6.07) is 9.57. The summed E-state index contributed by atoms with van der Waals surface area (Å²) >= 11 is 7.34. The first-order valence-corrected chi connectivity index (χ1v) is 13.5. The zero-order valence-electron chi connectivity index (χ0n) is 18.5. The van der Waals surface area contributed by atoms with Gasteiger partial charge in [-0.1, -0.05) is 11.6 Å². The average Bonchev–Trinajstić information content (AvgIpc) is 3.30. The molecule has 0 aliphatic carbocycles. The fraction of sp³-hybridized carbons (Fsp3) is 0.304. The van der Waals surface area contributed by atoms with Crippen LogP contribution in [-0.2, 0) is 21.2 Å². The molecule has 1 aliphatic heterocycles. The summed E-state index contributed by atoms with van der Waals surface area (Å²) in [5.41, 5.74) is 3.13. The van der Waals surface area contributed by atoms with Crippen LogP contribution in [0.1, 0.15) is 24.0 Å². The number of thiazole rings is 1. The summed E-state index contributed by atoms with van der Waals surface area (Å²) in [4.78, 5) is 19.3. The molecular formula is C23H25ClN4O4S2. The first-order valence-electron chi connectivity index (χ1n) is 10.8. The zero-order valence-corrected chi connectivity index (χ0v) is 20.9. The van der Waals surface area contributed by atoms with Crippen molar-refractivity contribution in [2.75, 3.05) is 28.1 Å². The number of amides is 1. The lowest BCUT2D eigenvalue weighted by Crippen LogP contribution is -2.47. The molecule has 2 aromatic carbocycles. The summed E-state index contributed by atoms with van der Waals surface area (Å²) in [5, 5.41) is 15.2. The van der Waals surface area contributed by atoms with Crippen LogP contribution in [0.3, 0.4) is 0 Å². The van der Waals surface area contributed by atoms with E-state index in [1.54, 1.807) is 24.4 Å². The number of aliphatic hydroxyl groups excluding tert-OH is 1. The molecule has 0 saturated carbocycles. The minimum Gasteiger partial charge on any atom is -0.396 e.